The topological polar surface area (TPSA) is 160 Å². The van der Waals surface area contributed by atoms with E-state index in [1.807, 2.05) is 30.3 Å². The minimum absolute atomic E-state index is 0.0411. The van der Waals surface area contributed by atoms with Crippen LogP contribution in [0.5, 0.6) is 5.75 Å². The molecular weight excluding hydrogens is 486 g/mol. The van der Waals surface area contributed by atoms with Crippen molar-refractivity contribution >= 4 is 29.5 Å². The summed E-state index contributed by atoms with van der Waals surface area (Å²) in [5.74, 6) is 0.418. The first kappa shape index (κ1) is 27.0. The molecule has 1 heterocycles. The normalized spacial score (nSPS) is 15.3. The summed E-state index contributed by atoms with van der Waals surface area (Å²) in [7, 11) is 1.25. The van der Waals surface area contributed by atoms with Crippen LogP contribution >= 0.6 is 0 Å². The van der Waals surface area contributed by atoms with Crippen LogP contribution in [0, 0.1) is 10.1 Å². The predicted octanol–water partition coefficient (Wildman–Crippen LogP) is 1.53. The zero-order valence-electron chi connectivity index (χ0n) is 19.9. The number of nitro benzene ring substituents is 1. The highest BCUT2D eigenvalue weighted by atomic mass is 16.6. The Balaban J connectivity index is 1.56. The summed E-state index contributed by atoms with van der Waals surface area (Å²) in [6.07, 6.45) is 0.888. The second-order valence-electron chi connectivity index (χ2n) is 8.00. The lowest BCUT2D eigenvalue weighted by Gasteiger charge is -2.28. The molecular formula is C24H25N5O8. The molecule has 1 saturated heterocycles. The minimum atomic E-state index is -1.17. The van der Waals surface area contributed by atoms with Crippen molar-refractivity contribution in [2.75, 3.05) is 13.6 Å². The molecule has 0 aliphatic carbocycles. The number of benzene rings is 2. The molecule has 194 valence electrons. The molecule has 37 heavy (non-hydrogen) atoms. The lowest BCUT2D eigenvalue weighted by Crippen LogP contribution is -2.55. The number of carbonyl (C=O) groups excluding carboxylic acids is 4. The third-order valence-electron chi connectivity index (χ3n) is 5.44. The molecule has 0 radical (unpaired) electrons. The summed E-state index contributed by atoms with van der Waals surface area (Å²) < 4.78 is 5.09. The minimum Gasteiger partial charge on any atom is -0.409 e. The zero-order valence-corrected chi connectivity index (χ0v) is 19.9. The van der Waals surface area contributed by atoms with Crippen LogP contribution in [0.25, 0.3) is 0 Å². The van der Waals surface area contributed by atoms with E-state index in [9.17, 15) is 29.3 Å². The Morgan fingerprint density at radius 3 is 2.57 bits per heavy atom. The van der Waals surface area contributed by atoms with Gasteiger partial charge in [0.1, 0.15) is 23.8 Å². The number of hydrogen-bond donors (Lipinski definition) is 2. The molecule has 3 rings (SSSR count). The molecule has 2 N–H and O–H groups in total. The first-order valence-corrected chi connectivity index (χ1v) is 11.2. The van der Waals surface area contributed by atoms with Crippen LogP contribution in [0.15, 0.2) is 60.7 Å². The number of hydrogen-bond acceptors (Lipinski definition) is 9. The van der Waals surface area contributed by atoms with Crippen LogP contribution in [0.1, 0.15) is 18.4 Å². The average Bonchev–Trinajstić information content (AvgIpc) is 3.39. The second-order valence-corrected chi connectivity index (χ2v) is 8.00. The fourth-order valence-electron chi connectivity index (χ4n) is 3.59. The maximum absolute atomic E-state index is 13.1. The first-order chi connectivity index (χ1) is 17.8. The second kappa shape index (κ2) is 12.9. The molecule has 2 aromatic rings. The molecule has 0 aromatic heterocycles. The van der Waals surface area contributed by atoms with Crippen LogP contribution in [-0.2, 0) is 25.8 Å². The number of carbonyl (C=O) groups is 3. The van der Waals surface area contributed by atoms with Gasteiger partial charge in [0.2, 0.25) is 5.91 Å². The fraction of sp³-hybridized carbons (Fsp3) is 0.292. The molecule has 13 heteroatoms. The molecule has 1 aliphatic heterocycles. The van der Waals surface area contributed by atoms with Crippen LogP contribution in [0.2, 0.25) is 0 Å². The Morgan fingerprint density at radius 1 is 1.22 bits per heavy atom. The summed E-state index contributed by atoms with van der Waals surface area (Å²) in [6, 6.07) is 11.9. The van der Waals surface area contributed by atoms with E-state index in [1.54, 1.807) is 5.94 Å². The highest BCUT2D eigenvalue weighted by Gasteiger charge is 2.37. The predicted molar refractivity (Wildman–Crippen MR) is 128 cm³/mol. The molecule has 1 aliphatic rings. The van der Waals surface area contributed by atoms with Crippen molar-refractivity contribution in [3.05, 3.63) is 76.4 Å². The van der Waals surface area contributed by atoms with Gasteiger partial charge in [0, 0.05) is 31.8 Å². The van der Waals surface area contributed by atoms with E-state index in [1.165, 1.54) is 36.2 Å². The van der Waals surface area contributed by atoms with Crippen molar-refractivity contribution in [2.45, 2.75) is 31.5 Å². The van der Waals surface area contributed by atoms with E-state index in [4.69, 9.17) is 9.57 Å². The summed E-state index contributed by atoms with van der Waals surface area (Å²) in [5.41, 5.74) is 5.58. The highest BCUT2D eigenvalue weighted by Crippen LogP contribution is 2.20. The van der Waals surface area contributed by atoms with E-state index in [-0.39, 0.29) is 24.6 Å². The van der Waals surface area contributed by atoms with Gasteiger partial charge in [-0.2, -0.15) is 5.48 Å². The Bertz CT molecular complexity index is 1170. The third kappa shape index (κ3) is 7.45. The van der Waals surface area contributed by atoms with Crippen molar-refractivity contribution in [1.29, 1.82) is 0 Å². The third-order valence-corrected chi connectivity index (χ3v) is 5.44. The van der Waals surface area contributed by atoms with E-state index in [0.717, 1.165) is 16.6 Å². The van der Waals surface area contributed by atoms with Gasteiger partial charge in [-0.05, 0) is 30.5 Å². The number of nitrogens with zero attached hydrogens (tertiary/aromatic N) is 3. The lowest BCUT2D eigenvalue weighted by atomic mass is 10.2. The maximum atomic E-state index is 13.1. The van der Waals surface area contributed by atoms with Crippen molar-refractivity contribution in [1.82, 2.24) is 20.8 Å². The van der Waals surface area contributed by atoms with Crippen molar-refractivity contribution in [3.63, 3.8) is 0 Å². The van der Waals surface area contributed by atoms with Crippen molar-refractivity contribution in [3.8, 4) is 5.75 Å². The molecule has 0 unspecified atom stereocenters. The maximum Gasteiger partial charge on any atom is 0.433 e. The Morgan fingerprint density at radius 2 is 1.92 bits per heavy atom. The average molecular weight is 511 g/mol. The molecule has 1 fully saturated rings. The summed E-state index contributed by atoms with van der Waals surface area (Å²) in [4.78, 5) is 66.0. The van der Waals surface area contributed by atoms with E-state index in [0.29, 0.717) is 12.8 Å². The van der Waals surface area contributed by atoms with Crippen LogP contribution < -0.4 is 15.6 Å². The fourth-order valence-corrected chi connectivity index (χ4v) is 3.59. The molecule has 0 spiro atoms. The number of nitrogens with one attached hydrogen (secondary N) is 2. The van der Waals surface area contributed by atoms with E-state index in [2.05, 4.69) is 10.9 Å². The smallest absolute Gasteiger partial charge is 0.409 e. The van der Waals surface area contributed by atoms with E-state index >= 15 is 0 Å². The molecule has 3 amide bonds. The number of likely N-dealkylation sites (tertiary alicyclic amines) is 1. The van der Waals surface area contributed by atoms with Crippen LogP contribution in [0.4, 0.5) is 10.5 Å². The number of nitro groups is 1. The van der Waals surface area contributed by atoms with Crippen LogP contribution in [0.3, 0.4) is 0 Å². The van der Waals surface area contributed by atoms with Gasteiger partial charge in [0.25, 0.3) is 11.6 Å². The van der Waals surface area contributed by atoms with Gasteiger partial charge >= 0.3 is 6.09 Å². The molecule has 13 nitrogen and oxygen atoms in total. The van der Waals surface area contributed by atoms with Gasteiger partial charge in [-0.25, -0.2) is 14.6 Å². The van der Waals surface area contributed by atoms with E-state index < -0.39 is 34.9 Å². The number of hydrazine groups is 1. The summed E-state index contributed by atoms with van der Waals surface area (Å²) >= 11 is 0. The molecule has 2 atom stereocenters. The zero-order chi connectivity index (χ0) is 26.8. The Hall–Kier alpha value is -4.58. The lowest BCUT2D eigenvalue weighted by molar-refractivity contribution is -0.384. The van der Waals surface area contributed by atoms with Gasteiger partial charge in [-0.15, -0.1) is 0 Å². The first-order valence-electron chi connectivity index (χ1n) is 11.2. The van der Waals surface area contributed by atoms with Crippen LogP contribution in [-0.4, -0.2) is 64.4 Å². The van der Waals surface area contributed by atoms with Gasteiger partial charge < -0.3 is 9.64 Å². The Labute approximate surface area is 211 Å². The summed E-state index contributed by atoms with van der Waals surface area (Å²) in [5, 5.41) is 11.5. The highest BCUT2D eigenvalue weighted by molar-refractivity contribution is 5.92. The van der Waals surface area contributed by atoms with Crippen molar-refractivity contribution < 1.29 is 33.7 Å². The molecule has 0 bridgehead atoms. The number of amides is 3. The largest absolute Gasteiger partial charge is 0.433 e. The quantitative estimate of drug-likeness (QED) is 0.289. The number of rotatable bonds is 9. The van der Waals surface area contributed by atoms with Gasteiger partial charge in [0.05, 0.1) is 11.5 Å². The Kier molecular flexibility index (Phi) is 9.44. The van der Waals surface area contributed by atoms with Gasteiger partial charge in [0.15, 0.2) is 0 Å². The number of non-ortho nitro benzene ring substituents is 1. The van der Waals surface area contributed by atoms with Gasteiger partial charge in [-0.3, -0.25) is 30.0 Å². The monoisotopic (exact) mass is 511 g/mol. The van der Waals surface area contributed by atoms with Gasteiger partial charge in [-0.1, -0.05) is 30.3 Å². The SMILES string of the molecule is CN(NC(=O)[C@@H]1CCCN1C(=O)[C@H](C=C=O)NOCc1ccccc1)C(=O)Oc1ccc([N+](=O)[O-])cc1. The standard InChI is InChI=1S/C24H25N5O8/c1-27(24(33)37-19-11-9-18(10-12-19)29(34)35)25-22(31)21-8-5-14-28(21)23(32)20(13-15-30)26-36-16-17-6-3-2-4-7-17/h2-4,6-7,9-13,20-21,26H,5,8,14,16H2,1H3,(H,25,31)/t20-,21-/m0/s1. The molecule has 2 aromatic carbocycles. The summed E-state index contributed by atoms with van der Waals surface area (Å²) in [6.45, 7) is 0.403. The molecule has 0 saturated carbocycles. The number of hydroxylamine groups is 1. The number of ether oxygens (including phenoxy) is 1. The van der Waals surface area contributed by atoms with Crippen molar-refractivity contribution in [2.24, 2.45) is 0 Å².